The minimum atomic E-state index is -0.829. The maximum absolute atomic E-state index is 11.4. The fourth-order valence-electron chi connectivity index (χ4n) is 1.91. The van der Waals surface area contributed by atoms with Crippen molar-refractivity contribution in [2.24, 2.45) is 11.7 Å². The molecular weight excluding hydrogens is 196 g/mol. The first-order valence-corrected chi connectivity index (χ1v) is 5.31. The number of carbonyl (C=O) groups excluding carboxylic acids is 1. The molecule has 1 aliphatic carbocycles. The number of carbonyl (C=O) groups is 2. The zero-order valence-electron chi connectivity index (χ0n) is 8.90. The quantitative estimate of drug-likeness (QED) is 0.621. The monoisotopic (exact) mass is 214 g/mol. The van der Waals surface area contributed by atoms with Gasteiger partial charge in [0.15, 0.2) is 0 Å². The van der Waals surface area contributed by atoms with Gasteiger partial charge in [-0.25, -0.2) is 0 Å². The fraction of sp³-hybridized carbons (Fsp3) is 0.800. The SMILES string of the molecule is CC(N)C(=O)NC1CCCCC1C(=O)O. The zero-order chi connectivity index (χ0) is 11.4. The standard InChI is InChI=1S/C10H18N2O3/c1-6(11)9(13)12-8-5-3-2-4-7(8)10(14)15/h6-8H,2-5,11H2,1H3,(H,12,13)(H,14,15). The normalized spacial score (nSPS) is 28.1. The maximum atomic E-state index is 11.4. The van der Waals surface area contributed by atoms with Gasteiger partial charge in [0.2, 0.25) is 5.91 Å². The van der Waals surface area contributed by atoms with Gasteiger partial charge >= 0.3 is 5.97 Å². The van der Waals surface area contributed by atoms with E-state index in [0.29, 0.717) is 6.42 Å². The highest BCUT2D eigenvalue weighted by atomic mass is 16.4. The Labute approximate surface area is 89.0 Å². The van der Waals surface area contributed by atoms with Gasteiger partial charge in [0.1, 0.15) is 0 Å². The van der Waals surface area contributed by atoms with Crippen molar-refractivity contribution in [1.82, 2.24) is 5.32 Å². The van der Waals surface area contributed by atoms with Crippen LogP contribution in [0.15, 0.2) is 0 Å². The first kappa shape index (κ1) is 12.0. The third-order valence-corrected chi connectivity index (χ3v) is 2.82. The Balaban J connectivity index is 2.57. The fourth-order valence-corrected chi connectivity index (χ4v) is 1.91. The summed E-state index contributed by atoms with van der Waals surface area (Å²) in [6.07, 6.45) is 3.25. The molecule has 0 aromatic carbocycles. The van der Waals surface area contributed by atoms with E-state index < -0.39 is 17.9 Å². The summed E-state index contributed by atoms with van der Waals surface area (Å²) < 4.78 is 0. The topological polar surface area (TPSA) is 92.4 Å². The average Bonchev–Trinajstić information content (AvgIpc) is 2.18. The summed E-state index contributed by atoms with van der Waals surface area (Å²) in [5.74, 6) is -1.56. The van der Waals surface area contributed by atoms with Crippen molar-refractivity contribution in [2.45, 2.75) is 44.7 Å². The van der Waals surface area contributed by atoms with Crippen molar-refractivity contribution >= 4 is 11.9 Å². The first-order valence-electron chi connectivity index (χ1n) is 5.31. The third-order valence-electron chi connectivity index (χ3n) is 2.82. The van der Waals surface area contributed by atoms with E-state index in [1.54, 1.807) is 6.92 Å². The van der Waals surface area contributed by atoms with Crippen LogP contribution in [0.4, 0.5) is 0 Å². The van der Waals surface area contributed by atoms with Gasteiger partial charge in [0, 0.05) is 6.04 Å². The minimum Gasteiger partial charge on any atom is -0.481 e. The minimum absolute atomic E-state index is 0.255. The van der Waals surface area contributed by atoms with E-state index in [1.807, 2.05) is 0 Å². The predicted molar refractivity (Wildman–Crippen MR) is 55.2 cm³/mol. The number of carboxylic acid groups (broad SMARTS) is 1. The van der Waals surface area contributed by atoms with Crippen LogP contribution in [0.2, 0.25) is 0 Å². The second kappa shape index (κ2) is 5.11. The third kappa shape index (κ3) is 3.20. The molecular formula is C10H18N2O3. The van der Waals surface area contributed by atoms with E-state index in [9.17, 15) is 9.59 Å². The molecule has 0 aromatic heterocycles. The lowest BCUT2D eigenvalue weighted by Gasteiger charge is -2.29. The Kier molecular flexibility index (Phi) is 4.08. The van der Waals surface area contributed by atoms with E-state index in [4.69, 9.17) is 10.8 Å². The Hall–Kier alpha value is -1.10. The molecule has 0 bridgehead atoms. The lowest BCUT2D eigenvalue weighted by Crippen LogP contribution is -2.49. The maximum Gasteiger partial charge on any atom is 0.308 e. The number of nitrogens with one attached hydrogen (secondary N) is 1. The second-order valence-electron chi connectivity index (χ2n) is 4.13. The number of carboxylic acids is 1. The molecule has 1 saturated carbocycles. The van der Waals surface area contributed by atoms with Crippen LogP contribution in [0.25, 0.3) is 0 Å². The Morgan fingerprint density at radius 1 is 1.40 bits per heavy atom. The smallest absolute Gasteiger partial charge is 0.308 e. The van der Waals surface area contributed by atoms with Crippen LogP contribution in [0.5, 0.6) is 0 Å². The first-order chi connectivity index (χ1) is 7.02. The van der Waals surface area contributed by atoms with Crippen molar-refractivity contribution in [3.05, 3.63) is 0 Å². The van der Waals surface area contributed by atoms with Gasteiger partial charge in [0.25, 0.3) is 0 Å². The molecule has 1 aliphatic rings. The van der Waals surface area contributed by atoms with Crippen LogP contribution in [0.1, 0.15) is 32.6 Å². The Bertz CT molecular complexity index is 253. The van der Waals surface area contributed by atoms with Gasteiger partial charge in [-0.2, -0.15) is 0 Å². The highest BCUT2D eigenvalue weighted by molar-refractivity contribution is 5.82. The van der Waals surface area contributed by atoms with Crippen molar-refractivity contribution < 1.29 is 14.7 Å². The zero-order valence-corrected chi connectivity index (χ0v) is 8.90. The van der Waals surface area contributed by atoms with Crippen LogP contribution in [0, 0.1) is 5.92 Å². The van der Waals surface area contributed by atoms with E-state index >= 15 is 0 Å². The summed E-state index contributed by atoms with van der Waals surface area (Å²) in [4.78, 5) is 22.3. The van der Waals surface area contributed by atoms with Gasteiger partial charge in [-0.15, -0.1) is 0 Å². The van der Waals surface area contributed by atoms with Crippen molar-refractivity contribution in [1.29, 1.82) is 0 Å². The van der Waals surface area contributed by atoms with Gasteiger partial charge in [-0.1, -0.05) is 12.8 Å². The number of aliphatic carboxylic acids is 1. The van der Waals surface area contributed by atoms with Crippen molar-refractivity contribution in [2.75, 3.05) is 0 Å². The number of nitrogens with two attached hydrogens (primary N) is 1. The van der Waals surface area contributed by atoms with Gasteiger partial charge in [-0.05, 0) is 19.8 Å². The molecule has 4 N–H and O–H groups in total. The largest absolute Gasteiger partial charge is 0.481 e. The van der Waals surface area contributed by atoms with Crippen LogP contribution in [-0.2, 0) is 9.59 Å². The number of hydrogen-bond donors (Lipinski definition) is 3. The molecule has 0 aromatic rings. The number of hydrogen-bond acceptors (Lipinski definition) is 3. The summed E-state index contributed by atoms with van der Waals surface area (Å²) in [7, 11) is 0. The summed E-state index contributed by atoms with van der Waals surface area (Å²) in [6, 6.07) is -0.837. The molecule has 5 nitrogen and oxygen atoms in total. The van der Waals surface area contributed by atoms with Crippen LogP contribution < -0.4 is 11.1 Å². The summed E-state index contributed by atoms with van der Waals surface area (Å²) in [6.45, 7) is 1.59. The molecule has 1 amide bonds. The predicted octanol–water partition coefficient (Wildman–Crippen LogP) is 0.0932. The van der Waals surface area contributed by atoms with E-state index in [1.165, 1.54) is 0 Å². The summed E-state index contributed by atoms with van der Waals surface area (Å²) in [5.41, 5.74) is 5.42. The molecule has 0 radical (unpaired) electrons. The molecule has 15 heavy (non-hydrogen) atoms. The van der Waals surface area contributed by atoms with Crippen molar-refractivity contribution in [3.8, 4) is 0 Å². The molecule has 5 heteroatoms. The van der Waals surface area contributed by atoms with Crippen LogP contribution >= 0.6 is 0 Å². The Morgan fingerprint density at radius 3 is 2.53 bits per heavy atom. The summed E-state index contributed by atoms with van der Waals surface area (Å²) in [5, 5.41) is 11.7. The lowest BCUT2D eigenvalue weighted by atomic mass is 9.84. The van der Waals surface area contributed by atoms with E-state index in [2.05, 4.69) is 5.32 Å². The molecule has 1 fully saturated rings. The molecule has 3 atom stereocenters. The lowest BCUT2D eigenvalue weighted by molar-refractivity contribution is -0.144. The molecule has 0 heterocycles. The highest BCUT2D eigenvalue weighted by Crippen LogP contribution is 2.24. The molecule has 86 valence electrons. The summed E-state index contributed by atoms with van der Waals surface area (Å²) >= 11 is 0. The molecule has 0 aliphatic heterocycles. The van der Waals surface area contributed by atoms with Crippen LogP contribution in [0.3, 0.4) is 0 Å². The van der Waals surface area contributed by atoms with Gasteiger partial charge < -0.3 is 16.2 Å². The number of rotatable bonds is 3. The van der Waals surface area contributed by atoms with Crippen LogP contribution in [-0.4, -0.2) is 29.1 Å². The van der Waals surface area contributed by atoms with Crippen molar-refractivity contribution in [3.63, 3.8) is 0 Å². The van der Waals surface area contributed by atoms with E-state index in [0.717, 1.165) is 19.3 Å². The average molecular weight is 214 g/mol. The number of amides is 1. The second-order valence-corrected chi connectivity index (χ2v) is 4.13. The van der Waals surface area contributed by atoms with Gasteiger partial charge in [-0.3, -0.25) is 9.59 Å². The molecule has 0 saturated heterocycles. The molecule has 0 spiro atoms. The molecule has 1 rings (SSSR count). The van der Waals surface area contributed by atoms with E-state index in [-0.39, 0.29) is 11.9 Å². The Morgan fingerprint density at radius 2 is 2.00 bits per heavy atom. The highest BCUT2D eigenvalue weighted by Gasteiger charge is 2.32. The van der Waals surface area contributed by atoms with Gasteiger partial charge in [0.05, 0.1) is 12.0 Å². The molecule has 3 unspecified atom stereocenters.